The Bertz CT molecular complexity index is 236. The lowest BCUT2D eigenvalue weighted by Crippen LogP contribution is -2.14. The number of carbonyl (C=O) groups is 2. The summed E-state index contributed by atoms with van der Waals surface area (Å²) in [6.45, 7) is 0. The highest BCUT2D eigenvalue weighted by Crippen LogP contribution is 2.28. The van der Waals surface area contributed by atoms with Crippen LogP contribution in [0.5, 0.6) is 0 Å². The topological polar surface area (TPSA) is 78.9 Å². The summed E-state index contributed by atoms with van der Waals surface area (Å²) in [6, 6.07) is 0. The third-order valence-electron chi connectivity index (χ3n) is 1.19. The number of cyclic esters (lactones) is 2. The molecule has 0 aliphatic carbocycles. The Hall–Kier alpha value is -0.840. The van der Waals surface area contributed by atoms with E-state index in [4.69, 9.17) is 0 Å². The van der Waals surface area contributed by atoms with E-state index in [9.17, 15) is 14.2 Å². The Kier molecular flexibility index (Phi) is 2.86. The molecule has 0 spiro atoms. The van der Waals surface area contributed by atoms with Crippen molar-refractivity contribution in [1.29, 1.82) is 0 Å². The van der Waals surface area contributed by atoms with Crippen LogP contribution in [0, 0.1) is 0 Å². The molecule has 1 rings (SSSR count). The van der Waals surface area contributed by atoms with E-state index in [1.807, 2.05) is 0 Å². The van der Waals surface area contributed by atoms with Gasteiger partial charge in [-0.25, -0.2) is 4.79 Å². The Balaban J connectivity index is 2.48. The maximum Gasteiger partial charge on any atom is 0.698 e. The zero-order chi connectivity index (χ0) is 9.14. The van der Waals surface area contributed by atoms with Gasteiger partial charge in [-0.3, -0.25) is 4.79 Å². The van der Waals surface area contributed by atoms with Crippen LogP contribution in [-0.4, -0.2) is 25.2 Å². The molecule has 1 fully saturated rings. The summed E-state index contributed by atoms with van der Waals surface area (Å²) in [5, 5.41) is 0. The molecule has 0 aromatic carbocycles. The third kappa shape index (κ3) is 2.07. The van der Waals surface area contributed by atoms with Crippen LogP contribution in [0.15, 0.2) is 0 Å². The Morgan fingerprint density at radius 2 is 2.25 bits per heavy atom. The van der Waals surface area contributed by atoms with E-state index in [2.05, 4.69) is 13.8 Å². The average Bonchev–Trinajstić information content (AvgIpc) is 2.30. The van der Waals surface area contributed by atoms with Crippen molar-refractivity contribution in [2.24, 2.45) is 0 Å². The molecule has 1 heterocycles. The van der Waals surface area contributed by atoms with E-state index < -0.39 is 26.3 Å². The molecule has 7 heteroatoms. The average molecular weight is 193 g/mol. The molecule has 0 N–H and O–H groups in total. The molecule has 0 bridgehead atoms. The summed E-state index contributed by atoms with van der Waals surface area (Å²) in [5.74, 6) is -1.50. The maximum atomic E-state index is 10.7. The van der Waals surface area contributed by atoms with Crippen molar-refractivity contribution in [3.05, 3.63) is 0 Å². The number of carbonyl (C=O) groups excluding carboxylic acids is 2. The zero-order valence-electron chi connectivity index (χ0n) is 6.18. The summed E-state index contributed by atoms with van der Waals surface area (Å²) in [7, 11) is -1.17. The minimum Gasteiger partial charge on any atom is -0.391 e. The van der Waals surface area contributed by atoms with E-state index >= 15 is 0 Å². The smallest absolute Gasteiger partial charge is 0.391 e. The fraction of sp³-hybridized carbons (Fsp3) is 0.600. The molecule has 0 aromatic rings. The largest absolute Gasteiger partial charge is 0.698 e. The van der Waals surface area contributed by atoms with Gasteiger partial charge in [0, 0.05) is 4.57 Å². The Morgan fingerprint density at radius 1 is 1.58 bits per heavy atom. The first kappa shape index (κ1) is 9.25. The van der Waals surface area contributed by atoms with Gasteiger partial charge in [0.2, 0.25) is 6.10 Å². The highest BCUT2D eigenvalue weighted by molar-refractivity contribution is 7.33. The molecule has 1 aliphatic rings. The standard InChI is InChI=1S/C5H6O6P/c1-9-12(8)11-3-2-4(6)10-5(3)7/h3H,2H2,1H3/q+1. The van der Waals surface area contributed by atoms with Gasteiger partial charge < -0.3 is 4.74 Å². The van der Waals surface area contributed by atoms with Crippen molar-refractivity contribution in [2.75, 3.05) is 7.11 Å². The molecular formula is C5H6O6P+. The van der Waals surface area contributed by atoms with Crippen molar-refractivity contribution in [1.82, 2.24) is 0 Å². The molecule has 2 atom stereocenters. The van der Waals surface area contributed by atoms with E-state index in [0.29, 0.717) is 0 Å². The van der Waals surface area contributed by atoms with Gasteiger partial charge in [0.15, 0.2) is 0 Å². The Labute approximate surface area is 68.7 Å². The minimum absolute atomic E-state index is 0.205. The van der Waals surface area contributed by atoms with E-state index in [1.54, 1.807) is 0 Å². The van der Waals surface area contributed by atoms with Crippen LogP contribution in [0.2, 0.25) is 0 Å². The van der Waals surface area contributed by atoms with E-state index in [1.165, 1.54) is 7.11 Å². The monoisotopic (exact) mass is 193 g/mol. The van der Waals surface area contributed by atoms with Crippen molar-refractivity contribution < 1.29 is 27.9 Å². The zero-order valence-corrected chi connectivity index (χ0v) is 7.08. The van der Waals surface area contributed by atoms with E-state index in [0.717, 1.165) is 0 Å². The van der Waals surface area contributed by atoms with Crippen LogP contribution >= 0.6 is 8.25 Å². The SMILES string of the molecule is CO[P+](=O)OC1CC(=O)OC1=O. The van der Waals surface area contributed by atoms with Crippen molar-refractivity contribution in [2.45, 2.75) is 12.5 Å². The Morgan fingerprint density at radius 3 is 2.67 bits per heavy atom. The van der Waals surface area contributed by atoms with Crippen LogP contribution in [0.3, 0.4) is 0 Å². The van der Waals surface area contributed by atoms with Crippen LogP contribution in [0.25, 0.3) is 0 Å². The predicted molar refractivity (Wildman–Crippen MR) is 35.2 cm³/mol. The molecular weight excluding hydrogens is 187 g/mol. The minimum atomic E-state index is -2.34. The van der Waals surface area contributed by atoms with E-state index in [-0.39, 0.29) is 6.42 Å². The molecule has 66 valence electrons. The van der Waals surface area contributed by atoms with Crippen molar-refractivity contribution in [3.63, 3.8) is 0 Å². The summed E-state index contributed by atoms with van der Waals surface area (Å²) in [5.41, 5.74) is 0. The van der Waals surface area contributed by atoms with Gasteiger partial charge in [-0.2, -0.15) is 0 Å². The summed E-state index contributed by atoms with van der Waals surface area (Å²) in [6.07, 6.45) is -1.29. The van der Waals surface area contributed by atoms with Gasteiger partial charge in [-0.15, -0.1) is 9.05 Å². The number of ether oxygens (including phenoxy) is 1. The number of hydrogen-bond donors (Lipinski definition) is 0. The van der Waals surface area contributed by atoms with Gasteiger partial charge in [-0.05, 0) is 0 Å². The fourth-order valence-electron chi connectivity index (χ4n) is 0.682. The highest BCUT2D eigenvalue weighted by Gasteiger charge is 2.41. The van der Waals surface area contributed by atoms with Gasteiger partial charge in [0.25, 0.3) is 0 Å². The second kappa shape index (κ2) is 3.71. The summed E-state index contributed by atoms with van der Waals surface area (Å²) in [4.78, 5) is 21.2. The predicted octanol–water partition coefficient (Wildman–Crippen LogP) is 0.149. The summed E-state index contributed by atoms with van der Waals surface area (Å²) < 4.78 is 23.5. The second-order valence-electron chi connectivity index (χ2n) is 2.00. The lowest BCUT2D eigenvalue weighted by molar-refractivity contribution is -0.154. The molecule has 12 heavy (non-hydrogen) atoms. The molecule has 2 unspecified atom stereocenters. The molecule has 6 nitrogen and oxygen atoms in total. The van der Waals surface area contributed by atoms with Crippen LogP contribution in [0.4, 0.5) is 0 Å². The molecule has 0 amide bonds. The first-order valence-corrected chi connectivity index (χ1v) is 4.15. The fourth-order valence-corrected chi connectivity index (χ4v) is 1.14. The van der Waals surface area contributed by atoms with Crippen LogP contribution < -0.4 is 0 Å². The van der Waals surface area contributed by atoms with Crippen LogP contribution in [-0.2, 0) is 27.9 Å². The van der Waals surface area contributed by atoms with Gasteiger partial charge in [0.1, 0.15) is 0 Å². The van der Waals surface area contributed by atoms with Gasteiger partial charge >= 0.3 is 20.2 Å². The molecule has 0 aromatic heterocycles. The molecule has 0 radical (unpaired) electrons. The number of esters is 2. The van der Waals surface area contributed by atoms with Crippen molar-refractivity contribution in [3.8, 4) is 0 Å². The second-order valence-corrected chi connectivity index (χ2v) is 3.02. The normalized spacial score (nSPS) is 24.1. The first-order valence-electron chi connectivity index (χ1n) is 3.06. The van der Waals surface area contributed by atoms with Gasteiger partial charge in [0.05, 0.1) is 13.5 Å². The first-order chi connectivity index (χ1) is 5.63. The van der Waals surface area contributed by atoms with Gasteiger partial charge in [-0.1, -0.05) is 0 Å². The summed E-state index contributed by atoms with van der Waals surface area (Å²) >= 11 is 0. The molecule has 1 aliphatic heterocycles. The molecule has 0 saturated carbocycles. The third-order valence-corrected chi connectivity index (χ3v) is 1.92. The number of rotatable bonds is 3. The highest BCUT2D eigenvalue weighted by atomic mass is 31.1. The maximum absolute atomic E-state index is 10.7. The molecule has 1 saturated heterocycles. The van der Waals surface area contributed by atoms with Crippen LogP contribution in [0.1, 0.15) is 6.42 Å². The quantitative estimate of drug-likeness (QED) is 0.360. The van der Waals surface area contributed by atoms with Crippen molar-refractivity contribution >= 4 is 20.2 Å². The lowest BCUT2D eigenvalue weighted by atomic mass is 10.3. The lowest BCUT2D eigenvalue weighted by Gasteiger charge is -1.91. The number of hydrogen-bond acceptors (Lipinski definition) is 6.